The molecule has 0 aromatic rings. The summed E-state index contributed by atoms with van der Waals surface area (Å²) >= 11 is 16.0. The van der Waals surface area contributed by atoms with E-state index >= 15 is 0 Å². The van der Waals surface area contributed by atoms with Crippen LogP contribution >= 0.6 is 24.0 Å². The van der Waals surface area contributed by atoms with E-state index in [0.717, 1.165) is 5.75 Å². The van der Waals surface area contributed by atoms with E-state index in [1.165, 1.54) is 0 Å². The van der Waals surface area contributed by atoms with Gasteiger partial charge in [0.1, 0.15) is 0 Å². The van der Waals surface area contributed by atoms with Crippen LogP contribution in [0.5, 0.6) is 0 Å². The summed E-state index contributed by atoms with van der Waals surface area (Å²) in [5.74, 6) is 1.12. The van der Waals surface area contributed by atoms with Crippen molar-refractivity contribution < 1.29 is 19.5 Å². The molecule has 0 spiro atoms. The molecule has 1 rings (SSSR count). The summed E-state index contributed by atoms with van der Waals surface area (Å²) in [6, 6.07) is 0. The number of nitrogens with zero attached hydrogens (tertiary/aromatic N) is 2. The number of hydrogen-bond acceptors (Lipinski definition) is 5. The van der Waals surface area contributed by atoms with Crippen LogP contribution < -0.4 is 0 Å². The predicted octanol–water partition coefficient (Wildman–Crippen LogP) is 0.873. The predicted molar refractivity (Wildman–Crippen MR) is 69.9 cm³/mol. The fourth-order valence-corrected chi connectivity index (χ4v) is 1.14. The SMILES string of the molecule is CN(C)C(=S)[S-].CN(C)C1([S-])CS1.[Zn+2]. The molecule has 1 fully saturated rings. The van der Waals surface area contributed by atoms with Gasteiger partial charge in [-0.2, -0.15) is 11.8 Å². The Morgan fingerprint density at radius 1 is 1.36 bits per heavy atom. The largest absolute Gasteiger partial charge is 2.00 e. The Hall–Kier alpha value is 1.39. The van der Waals surface area contributed by atoms with Crippen LogP contribution in [0.15, 0.2) is 0 Å². The average Bonchev–Trinajstić information content (AvgIpc) is 2.70. The Kier molecular flexibility index (Phi) is 9.69. The van der Waals surface area contributed by atoms with E-state index in [2.05, 4.69) is 29.7 Å². The minimum absolute atomic E-state index is 0. The first-order valence-electron chi connectivity index (χ1n) is 3.69. The smallest absolute Gasteiger partial charge is 0.759 e. The molecule has 0 aromatic carbocycles. The van der Waals surface area contributed by atoms with Crippen LogP contribution in [0, 0.1) is 0 Å². The van der Waals surface area contributed by atoms with E-state index in [-0.39, 0.29) is 23.7 Å². The van der Waals surface area contributed by atoms with E-state index in [0.29, 0.717) is 4.32 Å². The van der Waals surface area contributed by atoms with Gasteiger partial charge in [0.05, 0.1) is 0 Å². The van der Waals surface area contributed by atoms with Crippen LogP contribution in [0.3, 0.4) is 0 Å². The summed E-state index contributed by atoms with van der Waals surface area (Å²) in [6.45, 7) is 0. The molecular weight excluding hydrogens is 306 g/mol. The fourth-order valence-electron chi connectivity index (χ4n) is 0.320. The molecule has 1 aliphatic rings. The molecule has 0 aliphatic carbocycles. The summed E-state index contributed by atoms with van der Waals surface area (Å²) in [4.78, 5) is 3.79. The van der Waals surface area contributed by atoms with E-state index in [4.69, 9.17) is 12.6 Å². The molecule has 1 saturated heterocycles. The quantitative estimate of drug-likeness (QED) is 0.304. The van der Waals surface area contributed by atoms with Crippen LogP contribution in [0.1, 0.15) is 0 Å². The van der Waals surface area contributed by atoms with Gasteiger partial charge in [-0.05, 0) is 24.1 Å². The van der Waals surface area contributed by atoms with Crippen molar-refractivity contribution in [1.29, 1.82) is 0 Å². The molecule has 0 aromatic heterocycles. The zero-order valence-corrected chi connectivity index (χ0v) is 15.2. The Bertz CT molecular complexity index is 183. The van der Waals surface area contributed by atoms with Crippen molar-refractivity contribution in [2.45, 2.75) is 4.20 Å². The van der Waals surface area contributed by atoms with Crippen LogP contribution in [0.2, 0.25) is 0 Å². The van der Waals surface area contributed by atoms with Crippen LogP contribution in [0.25, 0.3) is 0 Å². The molecule has 0 radical (unpaired) electrons. The van der Waals surface area contributed by atoms with Crippen LogP contribution in [0.4, 0.5) is 0 Å². The first kappa shape index (κ1) is 17.8. The summed E-state index contributed by atoms with van der Waals surface area (Å²) in [7, 11) is 7.70. The molecule has 1 unspecified atom stereocenters. The Balaban J connectivity index is 0. The average molecular weight is 320 g/mol. The van der Waals surface area contributed by atoms with Crippen molar-refractivity contribution in [3.8, 4) is 0 Å². The summed E-state index contributed by atoms with van der Waals surface area (Å²) in [5, 5.41) is 0. The second-order valence-electron chi connectivity index (χ2n) is 3.06. The number of thiocarbonyl (C=S) groups is 1. The van der Waals surface area contributed by atoms with Gasteiger partial charge < -0.3 is 47.3 Å². The molecule has 78 valence electrons. The minimum Gasteiger partial charge on any atom is -0.759 e. The zero-order chi connectivity index (χ0) is 10.6. The van der Waals surface area contributed by atoms with Crippen molar-refractivity contribution >= 4 is 53.6 Å². The first-order chi connectivity index (χ1) is 5.79. The zero-order valence-electron chi connectivity index (χ0n) is 8.94. The second kappa shape index (κ2) is 7.63. The molecule has 1 atom stereocenters. The summed E-state index contributed by atoms with van der Waals surface area (Å²) in [5.41, 5.74) is 0. The number of hydrogen-bond donors (Lipinski definition) is 0. The Morgan fingerprint density at radius 3 is 1.64 bits per heavy atom. The van der Waals surface area contributed by atoms with E-state index in [9.17, 15) is 0 Å². The molecule has 0 amide bonds. The third-order valence-electron chi connectivity index (χ3n) is 1.44. The first-order valence-corrected chi connectivity index (χ1v) is 5.91. The molecule has 0 N–H and O–H groups in total. The molecular formula is C7H14N2S4Zn. The monoisotopic (exact) mass is 318 g/mol. The standard InChI is InChI=1S/C4H9NS2.C3H7NS2.Zn/c1-5(2)4(6)3-7-4;1-4(2)3(5)6;/h6H,3H2,1-2H3;1-2H3,(H,5,6);/q;;+2/p-2. The third-order valence-corrected chi connectivity index (χ3v) is 4.39. The normalized spacial score (nSPS) is 23.0. The molecule has 0 bridgehead atoms. The topological polar surface area (TPSA) is 6.48 Å². The molecule has 7 heteroatoms. The summed E-state index contributed by atoms with van der Waals surface area (Å²) in [6.07, 6.45) is 0. The van der Waals surface area contributed by atoms with Crippen molar-refractivity contribution in [2.75, 3.05) is 33.9 Å². The number of thioether (sulfide) groups is 1. The molecule has 1 aliphatic heterocycles. The molecule has 2 nitrogen and oxygen atoms in total. The van der Waals surface area contributed by atoms with Gasteiger partial charge in [0.25, 0.3) is 0 Å². The van der Waals surface area contributed by atoms with Gasteiger partial charge in [0.15, 0.2) is 0 Å². The van der Waals surface area contributed by atoms with Gasteiger partial charge >= 0.3 is 19.5 Å². The molecule has 14 heavy (non-hydrogen) atoms. The van der Waals surface area contributed by atoms with Crippen molar-refractivity contribution in [3.05, 3.63) is 0 Å². The third kappa shape index (κ3) is 7.65. The van der Waals surface area contributed by atoms with Gasteiger partial charge in [-0.1, -0.05) is 4.32 Å². The van der Waals surface area contributed by atoms with Gasteiger partial charge in [0.2, 0.25) is 0 Å². The molecule has 1 heterocycles. The Morgan fingerprint density at radius 2 is 1.64 bits per heavy atom. The van der Waals surface area contributed by atoms with E-state index in [1.54, 1.807) is 4.90 Å². The second-order valence-corrected chi connectivity index (χ2v) is 6.27. The minimum atomic E-state index is 0. The van der Waals surface area contributed by atoms with Crippen molar-refractivity contribution in [2.24, 2.45) is 0 Å². The van der Waals surface area contributed by atoms with Crippen molar-refractivity contribution in [3.63, 3.8) is 0 Å². The van der Waals surface area contributed by atoms with Crippen molar-refractivity contribution in [1.82, 2.24) is 9.80 Å². The van der Waals surface area contributed by atoms with Crippen LogP contribution in [-0.2, 0) is 44.7 Å². The van der Waals surface area contributed by atoms with Gasteiger partial charge in [-0.25, -0.2) is 0 Å². The van der Waals surface area contributed by atoms with Gasteiger partial charge in [-0.15, -0.1) is 0 Å². The molecule has 0 saturated carbocycles. The maximum absolute atomic E-state index is 5.11. The Labute approximate surface area is 120 Å². The maximum atomic E-state index is 5.11. The van der Waals surface area contributed by atoms with Gasteiger partial charge in [0, 0.05) is 14.1 Å². The maximum Gasteiger partial charge on any atom is 2.00 e. The summed E-state index contributed by atoms with van der Waals surface area (Å²) < 4.78 is 0.593. The van der Waals surface area contributed by atoms with Crippen LogP contribution in [-0.4, -0.2) is 52.3 Å². The number of rotatable bonds is 1. The van der Waals surface area contributed by atoms with E-state index < -0.39 is 0 Å². The fraction of sp³-hybridized carbons (Fsp3) is 0.857. The van der Waals surface area contributed by atoms with Gasteiger partial charge in [-0.3, -0.25) is 0 Å². The van der Waals surface area contributed by atoms with E-state index in [1.807, 2.05) is 40.0 Å².